The summed E-state index contributed by atoms with van der Waals surface area (Å²) in [6, 6.07) is -0.539. The second-order valence-electron chi connectivity index (χ2n) is 3.93. The largest absolute Gasteiger partial charge is 0.351 e. The zero-order valence-electron chi connectivity index (χ0n) is 9.49. The van der Waals surface area contributed by atoms with Crippen LogP contribution in [0, 0.1) is 11.8 Å². The highest BCUT2D eigenvalue weighted by molar-refractivity contribution is 5.72. The molecular formula is C11H19N3O. The smallest absolute Gasteiger partial charge is 0.315 e. The molecule has 15 heavy (non-hydrogen) atoms. The van der Waals surface area contributed by atoms with Gasteiger partial charge in [0.2, 0.25) is 0 Å². The topological polar surface area (TPSA) is 49.6 Å². The monoisotopic (exact) mass is 209 g/mol. The van der Waals surface area contributed by atoms with E-state index >= 15 is 0 Å². The molecule has 1 heterocycles. The van der Waals surface area contributed by atoms with E-state index in [0.717, 1.165) is 19.6 Å². The molecule has 0 spiro atoms. The molecule has 0 unspecified atom stereocenters. The van der Waals surface area contributed by atoms with Crippen molar-refractivity contribution in [2.24, 2.45) is 5.73 Å². The minimum absolute atomic E-state index is 0.106. The predicted octanol–water partition coefficient (Wildman–Crippen LogP) is 0.485. The van der Waals surface area contributed by atoms with Crippen LogP contribution in [0.25, 0.3) is 0 Å². The van der Waals surface area contributed by atoms with Gasteiger partial charge in [0.25, 0.3) is 0 Å². The second-order valence-corrected chi connectivity index (χ2v) is 3.93. The lowest BCUT2D eigenvalue weighted by molar-refractivity contribution is 0.213. The van der Waals surface area contributed by atoms with Gasteiger partial charge in [-0.15, -0.1) is 0 Å². The summed E-state index contributed by atoms with van der Waals surface area (Å²) in [5.41, 5.74) is 5.14. The average Bonchev–Trinajstić information content (AvgIpc) is 2.69. The number of hydrogen-bond acceptors (Lipinski definition) is 2. The van der Waals surface area contributed by atoms with Crippen molar-refractivity contribution >= 4 is 6.03 Å². The highest BCUT2D eigenvalue weighted by Crippen LogP contribution is 2.05. The predicted molar refractivity (Wildman–Crippen MR) is 60.3 cm³/mol. The quantitative estimate of drug-likeness (QED) is 0.673. The second kappa shape index (κ2) is 5.62. The Balaban J connectivity index is 2.32. The molecule has 4 heteroatoms. The Hall–Kier alpha value is -1.21. The summed E-state index contributed by atoms with van der Waals surface area (Å²) in [5.74, 6) is 6.11. The van der Waals surface area contributed by atoms with Crippen molar-refractivity contribution in [2.75, 3.05) is 26.7 Å². The normalized spacial score (nSPS) is 18.0. The zero-order chi connectivity index (χ0) is 11.3. The van der Waals surface area contributed by atoms with E-state index in [4.69, 9.17) is 5.73 Å². The molecule has 0 saturated carbocycles. The molecule has 0 aromatic heterocycles. The molecule has 1 atom stereocenters. The minimum Gasteiger partial charge on any atom is -0.351 e. The van der Waals surface area contributed by atoms with E-state index in [9.17, 15) is 4.79 Å². The number of likely N-dealkylation sites (tertiary alicyclic amines) is 1. The summed E-state index contributed by atoms with van der Waals surface area (Å²) in [6.45, 7) is 4.97. The van der Waals surface area contributed by atoms with Gasteiger partial charge in [-0.3, -0.25) is 4.90 Å². The Kier molecular flexibility index (Phi) is 4.44. The van der Waals surface area contributed by atoms with Crippen molar-refractivity contribution in [3.05, 3.63) is 0 Å². The number of rotatable bonds is 2. The summed E-state index contributed by atoms with van der Waals surface area (Å²) in [7, 11) is 1.66. The van der Waals surface area contributed by atoms with Crippen molar-refractivity contribution in [1.29, 1.82) is 0 Å². The molecular weight excluding hydrogens is 190 g/mol. The van der Waals surface area contributed by atoms with Crippen LogP contribution >= 0.6 is 0 Å². The van der Waals surface area contributed by atoms with Crippen LogP contribution in [0.3, 0.4) is 0 Å². The van der Waals surface area contributed by atoms with Crippen molar-refractivity contribution < 1.29 is 4.79 Å². The van der Waals surface area contributed by atoms with Gasteiger partial charge < -0.3 is 10.6 Å². The first-order valence-electron chi connectivity index (χ1n) is 5.34. The number of amides is 2. The van der Waals surface area contributed by atoms with E-state index in [2.05, 4.69) is 16.7 Å². The van der Waals surface area contributed by atoms with Crippen LogP contribution in [0.15, 0.2) is 0 Å². The number of urea groups is 1. The fraction of sp³-hybridized carbons (Fsp3) is 0.727. The van der Waals surface area contributed by atoms with E-state index in [1.165, 1.54) is 17.7 Å². The van der Waals surface area contributed by atoms with E-state index in [0.29, 0.717) is 0 Å². The molecule has 1 aliphatic heterocycles. The molecule has 0 aliphatic carbocycles. The lowest BCUT2D eigenvalue weighted by Crippen LogP contribution is -2.38. The van der Waals surface area contributed by atoms with E-state index in [1.807, 2.05) is 6.92 Å². The Labute approximate surface area is 91.4 Å². The van der Waals surface area contributed by atoms with E-state index in [1.54, 1.807) is 7.05 Å². The Morgan fingerprint density at radius 1 is 1.53 bits per heavy atom. The Bertz CT molecular complexity index is 273. The van der Waals surface area contributed by atoms with Gasteiger partial charge >= 0.3 is 6.03 Å². The molecule has 1 saturated heterocycles. The van der Waals surface area contributed by atoms with Crippen LogP contribution < -0.4 is 5.73 Å². The molecule has 0 aromatic rings. The highest BCUT2D eigenvalue weighted by atomic mass is 16.2. The number of nitrogens with zero attached hydrogens (tertiary/aromatic N) is 2. The third-order valence-electron chi connectivity index (χ3n) is 2.74. The molecule has 1 fully saturated rings. The first-order chi connectivity index (χ1) is 7.11. The summed E-state index contributed by atoms with van der Waals surface area (Å²) in [5, 5.41) is 0. The number of nitrogens with two attached hydrogens (primary N) is 1. The van der Waals surface area contributed by atoms with Crippen LogP contribution in [-0.2, 0) is 0 Å². The van der Waals surface area contributed by atoms with Gasteiger partial charge in [-0.2, -0.15) is 0 Å². The highest BCUT2D eigenvalue weighted by Gasteiger charge is 2.10. The van der Waals surface area contributed by atoms with Crippen LogP contribution in [0.4, 0.5) is 4.79 Å². The minimum atomic E-state index is -0.432. The molecule has 0 radical (unpaired) electrons. The lowest BCUT2D eigenvalue weighted by Gasteiger charge is -2.17. The first-order valence-corrected chi connectivity index (χ1v) is 5.34. The standard InChI is InChI=1S/C11H19N3O/c1-10(13(2)11(12)15)6-5-9-14-7-3-4-8-14/h10H,3-4,7-9H2,1-2H3,(H2,12,15)/t10-/m0/s1. The third kappa shape index (κ3) is 3.80. The van der Waals surface area contributed by atoms with Crippen LogP contribution in [0.2, 0.25) is 0 Å². The Morgan fingerprint density at radius 2 is 2.13 bits per heavy atom. The van der Waals surface area contributed by atoms with Crippen LogP contribution in [0.5, 0.6) is 0 Å². The van der Waals surface area contributed by atoms with Crippen molar-refractivity contribution in [3.63, 3.8) is 0 Å². The summed E-state index contributed by atoms with van der Waals surface area (Å²) >= 11 is 0. The molecule has 0 aromatic carbocycles. The maximum atomic E-state index is 10.8. The number of carbonyl (C=O) groups excluding carboxylic acids is 1. The van der Waals surface area contributed by atoms with Gasteiger partial charge in [-0.05, 0) is 32.9 Å². The summed E-state index contributed by atoms with van der Waals surface area (Å²) in [6.07, 6.45) is 2.55. The number of primary amides is 1. The van der Waals surface area contributed by atoms with Crippen molar-refractivity contribution in [3.8, 4) is 11.8 Å². The Morgan fingerprint density at radius 3 is 2.67 bits per heavy atom. The lowest BCUT2D eigenvalue weighted by atomic mass is 10.3. The zero-order valence-corrected chi connectivity index (χ0v) is 9.49. The fourth-order valence-electron chi connectivity index (χ4n) is 1.53. The van der Waals surface area contributed by atoms with Gasteiger partial charge in [-0.1, -0.05) is 11.8 Å². The van der Waals surface area contributed by atoms with Crippen LogP contribution in [0.1, 0.15) is 19.8 Å². The molecule has 4 nitrogen and oxygen atoms in total. The number of carbonyl (C=O) groups is 1. The molecule has 1 aliphatic rings. The van der Waals surface area contributed by atoms with Crippen molar-refractivity contribution in [2.45, 2.75) is 25.8 Å². The fourth-order valence-corrected chi connectivity index (χ4v) is 1.53. The van der Waals surface area contributed by atoms with Gasteiger partial charge in [0.1, 0.15) is 0 Å². The van der Waals surface area contributed by atoms with Crippen LogP contribution in [-0.4, -0.2) is 48.6 Å². The molecule has 2 N–H and O–H groups in total. The van der Waals surface area contributed by atoms with E-state index < -0.39 is 6.03 Å². The molecule has 1 rings (SSSR count). The molecule has 84 valence electrons. The van der Waals surface area contributed by atoms with E-state index in [-0.39, 0.29) is 6.04 Å². The molecule has 2 amide bonds. The van der Waals surface area contributed by atoms with Gasteiger partial charge in [0.15, 0.2) is 0 Å². The SMILES string of the molecule is C[C@@H](C#CCN1CCCC1)N(C)C(N)=O. The average molecular weight is 209 g/mol. The van der Waals surface area contributed by atoms with Gasteiger partial charge in [0, 0.05) is 7.05 Å². The maximum Gasteiger partial charge on any atom is 0.315 e. The number of hydrogen-bond donors (Lipinski definition) is 1. The third-order valence-corrected chi connectivity index (χ3v) is 2.74. The maximum absolute atomic E-state index is 10.8. The van der Waals surface area contributed by atoms with Gasteiger partial charge in [-0.25, -0.2) is 4.79 Å². The summed E-state index contributed by atoms with van der Waals surface area (Å²) in [4.78, 5) is 14.6. The van der Waals surface area contributed by atoms with Gasteiger partial charge in [0.05, 0.1) is 12.6 Å². The van der Waals surface area contributed by atoms with Crippen molar-refractivity contribution in [1.82, 2.24) is 9.80 Å². The summed E-state index contributed by atoms with van der Waals surface area (Å²) < 4.78 is 0. The molecule has 0 bridgehead atoms. The first kappa shape index (κ1) is 11.9.